The van der Waals surface area contributed by atoms with Crippen molar-refractivity contribution in [3.8, 4) is 6.07 Å². The first-order valence-electron chi connectivity index (χ1n) is 16.5. The van der Waals surface area contributed by atoms with E-state index >= 15 is 0 Å². The van der Waals surface area contributed by atoms with Gasteiger partial charge < -0.3 is 5.11 Å². The Morgan fingerprint density at radius 2 is 1.07 bits per heavy atom. The summed E-state index contributed by atoms with van der Waals surface area (Å²) in [5.41, 5.74) is 0. The van der Waals surface area contributed by atoms with Crippen LogP contribution >= 0.6 is 47.5 Å². The molecule has 0 aliphatic carbocycles. The SMILES string of the molecule is CCCCCCCCCCCCCSCCCCCCCCCCCCCSC(=S)SC(C)(C#N)CCC(=O)O. The van der Waals surface area contributed by atoms with Gasteiger partial charge in [0.05, 0.1) is 6.07 Å². The van der Waals surface area contributed by atoms with Gasteiger partial charge in [-0.3, -0.25) is 4.79 Å². The lowest BCUT2D eigenvalue weighted by Gasteiger charge is -2.19. The van der Waals surface area contributed by atoms with Gasteiger partial charge in [0.25, 0.3) is 0 Å². The molecule has 0 heterocycles. The summed E-state index contributed by atoms with van der Waals surface area (Å²) < 4.78 is 0.0188. The number of thioether (sulfide) groups is 3. The largest absolute Gasteiger partial charge is 0.481 e. The minimum atomic E-state index is -0.866. The minimum Gasteiger partial charge on any atom is -0.481 e. The number of carboxylic acid groups (broad SMARTS) is 1. The Bertz CT molecular complexity index is 640. The van der Waals surface area contributed by atoms with Gasteiger partial charge in [0.2, 0.25) is 0 Å². The molecule has 1 unspecified atom stereocenters. The van der Waals surface area contributed by atoms with E-state index in [0.29, 0.717) is 6.42 Å². The maximum atomic E-state index is 10.8. The van der Waals surface area contributed by atoms with Crippen LogP contribution in [0.4, 0.5) is 0 Å². The van der Waals surface area contributed by atoms with E-state index in [2.05, 4.69) is 24.8 Å². The molecule has 1 atom stereocenters. The Balaban J connectivity index is 3.29. The van der Waals surface area contributed by atoms with Crippen molar-refractivity contribution >= 4 is 57.0 Å². The van der Waals surface area contributed by atoms with E-state index in [4.69, 9.17) is 17.3 Å². The molecule has 0 amide bonds. The molecule has 0 aromatic rings. The van der Waals surface area contributed by atoms with Gasteiger partial charge in [-0.2, -0.15) is 17.0 Å². The van der Waals surface area contributed by atoms with Crippen LogP contribution < -0.4 is 0 Å². The third-order valence-electron chi connectivity index (χ3n) is 7.41. The minimum absolute atomic E-state index is 0.00301. The fourth-order valence-corrected chi connectivity index (χ4v) is 8.70. The van der Waals surface area contributed by atoms with E-state index in [0.717, 1.165) is 15.7 Å². The summed E-state index contributed by atoms with van der Waals surface area (Å²) in [6.45, 7) is 4.08. The van der Waals surface area contributed by atoms with Crippen molar-refractivity contribution in [2.75, 3.05) is 17.3 Å². The maximum absolute atomic E-state index is 10.8. The second-order valence-corrected chi connectivity index (χ2v) is 16.5. The number of rotatable bonds is 30. The van der Waals surface area contributed by atoms with Gasteiger partial charge in [-0.15, -0.1) is 11.8 Å². The van der Waals surface area contributed by atoms with Crippen molar-refractivity contribution in [3.63, 3.8) is 0 Å². The lowest BCUT2D eigenvalue weighted by molar-refractivity contribution is -0.137. The number of carbonyl (C=O) groups is 1. The Morgan fingerprint density at radius 1 is 0.700 bits per heavy atom. The monoisotopic (exact) mass is 631 g/mol. The first-order chi connectivity index (χ1) is 19.4. The predicted molar refractivity (Wildman–Crippen MR) is 188 cm³/mol. The Labute approximate surface area is 266 Å². The molecule has 0 saturated heterocycles. The summed E-state index contributed by atoms with van der Waals surface area (Å²) in [6.07, 6.45) is 30.9. The molecule has 0 saturated carbocycles. The van der Waals surface area contributed by atoms with Crippen molar-refractivity contribution in [3.05, 3.63) is 0 Å². The van der Waals surface area contributed by atoms with Gasteiger partial charge >= 0.3 is 5.97 Å². The van der Waals surface area contributed by atoms with Crippen LogP contribution in [0.15, 0.2) is 0 Å². The Hall–Kier alpha value is 0.1000. The molecule has 40 heavy (non-hydrogen) atoms. The topological polar surface area (TPSA) is 61.1 Å². The van der Waals surface area contributed by atoms with E-state index < -0.39 is 10.7 Å². The number of nitrogens with zero attached hydrogens (tertiary/aromatic N) is 1. The van der Waals surface area contributed by atoms with Crippen LogP contribution in [0.2, 0.25) is 0 Å². The maximum Gasteiger partial charge on any atom is 0.303 e. The number of hydrogen-bond acceptors (Lipinski definition) is 6. The third kappa shape index (κ3) is 29.6. The average Bonchev–Trinajstić information content (AvgIpc) is 2.93. The molecule has 1 N–H and O–H groups in total. The fourth-order valence-electron chi connectivity index (χ4n) is 4.71. The van der Waals surface area contributed by atoms with E-state index in [-0.39, 0.29) is 6.42 Å². The van der Waals surface area contributed by atoms with Gasteiger partial charge in [-0.05, 0) is 49.9 Å². The van der Waals surface area contributed by atoms with Crippen LogP contribution in [-0.2, 0) is 4.79 Å². The first kappa shape index (κ1) is 40.1. The highest BCUT2D eigenvalue weighted by Gasteiger charge is 2.27. The van der Waals surface area contributed by atoms with Crippen molar-refractivity contribution in [2.45, 2.75) is 173 Å². The van der Waals surface area contributed by atoms with Gasteiger partial charge in [-0.1, -0.05) is 153 Å². The second-order valence-electron chi connectivity index (χ2n) is 11.5. The zero-order chi connectivity index (χ0) is 29.6. The Kier molecular flexibility index (Phi) is 30.6. The van der Waals surface area contributed by atoms with Crippen LogP contribution in [0.25, 0.3) is 0 Å². The summed E-state index contributed by atoms with van der Waals surface area (Å²) in [5.74, 6) is 2.86. The lowest BCUT2D eigenvalue weighted by atomic mass is 10.1. The molecule has 3 nitrogen and oxygen atoms in total. The highest BCUT2D eigenvalue weighted by atomic mass is 32.2. The first-order valence-corrected chi connectivity index (χ1v) is 19.9. The van der Waals surface area contributed by atoms with Crippen molar-refractivity contribution in [1.82, 2.24) is 0 Å². The molecule has 0 aromatic carbocycles. The van der Waals surface area contributed by atoms with E-state index in [1.54, 1.807) is 18.7 Å². The number of aliphatic carboxylic acids is 1. The van der Waals surface area contributed by atoms with Crippen LogP contribution in [0, 0.1) is 11.3 Å². The summed E-state index contributed by atoms with van der Waals surface area (Å²) in [4.78, 5) is 10.8. The number of nitriles is 1. The van der Waals surface area contributed by atoms with Gasteiger partial charge in [0, 0.05) is 6.42 Å². The van der Waals surface area contributed by atoms with Gasteiger partial charge in [0.15, 0.2) is 0 Å². The predicted octanol–water partition coefficient (Wildman–Crippen LogP) is 12.2. The molecule has 0 bridgehead atoms. The third-order valence-corrected chi connectivity index (χ3v) is 11.4. The summed E-state index contributed by atoms with van der Waals surface area (Å²) >= 11 is 10.6. The molecule has 0 aromatic heterocycles. The Morgan fingerprint density at radius 3 is 1.45 bits per heavy atom. The van der Waals surface area contributed by atoms with E-state index in [1.165, 1.54) is 158 Å². The van der Waals surface area contributed by atoms with Crippen LogP contribution in [0.5, 0.6) is 0 Å². The summed E-state index contributed by atoms with van der Waals surface area (Å²) in [6, 6.07) is 2.23. The highest BCUT2D eigenvalue weighted by Crippen LogP contribution is 2.34. The molecule has 0 rings (SSSR count). The number of thiocarbonyl (C=S) groups is 1. The lowest BCUT2D eigenvalue weighted by Crippen LogP contribution is -2.20. The summed E-state index contributed by atoms with van der Waals surface area (Å²) in [5, 5.41) is 18.2. The molecule has 0 spiro atoms. The van der Waals surface area contributed by atoms with E-state index in [1.807, 2.05) is 0 Å². The molecule has 0 aliphatic heterocycles. The second kappa shape index (κ2) is 30.6. The molecule has 0 aliphatic rings. The molecule has 0 radical (unpaired) electrons. The van der Waals surface area contributed by atoms with Crippen LogP contribution in [0.3, 0.4) is 0 Å². The molecular weight excluding hydrogens is 571 g/mol. The van der Waals surface area contributed by atoms with Crippen molar-refractivity contribution in [2.24, 2.45) is 0 Å². The van der Waals surface area contributed by atoms with Crippen molar-refractivity contribution in [1.29, 1.82) is 5.26 Å². The normalized spacial score (nSPS) is 12.7. The quantitative estimate of drug-likeness (QED) is 0.0625. The highest BCUT2D eigenvalue weighted by molar-refractivity contribution is 8.47. The zero-order valence-electron chi connectivity index (χ0n) is 26.0. The van der Waals surface area contributed by atoms with Crippen LogP contribution in [0.1, 0.15) is 168 Å². The van der Waals surface area contributed by atoms with Gasteiger partial charge in [-0.25, -0.2) is 0 Å². The molecule has 0 fully saturated rings. The zero-order valence-corrected chi connectivity index (χ0v) is 29.3. The molecular formula is C33H61NO2S4. The smallest absolute Gasteiger partial charge is 0.303 e. The van der Waals surface area contributed by atoms with Gasteiger partial charge in [0.1, 0.15) is 8.28 Å². The van der Waals surface area contributed by atoms with Crippen molar-refractivity contribution < 1.29 is 9.90 Å². The molecule has 234 valence electrons. The number of unbranched alkanes of at least 4 members (excludes halogenated alkanes) is 20. The fraction of sp³-hybridized carbons (Fsp3) is 0.909. The standard InChI is InChI=1S/C33H61NO2S4/c1-3-4-5-6-7-8-10-13-16-19-22-27-38-28-23-20-17-14-11-9-12-15-18-21-24-29-39-32(37)40-33(2,30-34)26-25-31(35)36/h3-29H2,1-2H3,(H,35,36). The summed E-state index contributed by atoms with van der Waals surface area (Å²) in [7, 11) is 0. The number of carboxylic acids is 1. The average molecular weight is 632 g/mol. The van der Waals surface area contributed by atoms with Crippen LogP contribution in [-0.4, -0.2) is 36.6 Å². The van der Waals surface area contributed by atoms with E-state index in [9.17, 15) is 10.1 Å². The molecule has 7 heteroatoms. The number of hydrogen-bond donors (Lipinski definition) is 1.